The highest BCUT2D eigenvalue weighted by Gasteiger charge is 2.17. The minimum absolute atomic E-state index is 0.00589. The molecule has 0 saturated carbocycles. The van der Waals surface area contributed by atoms with Gasteiger partial charge in [0, 0.05) is 18.1 Å². The molecule has 0 aliphatic heterocycles. The molecular weight excluding hydrogens is 248 g/mol. The van der Waals surface area contributed by atoms with Crippen molar-refractivity contribution in [1.29, 1.82) is 0 Å². The Labute approximate surface area is 113 Å². The number of benzene rings is 1. The fraction of sp³-hybridized carbons (Fsp3) is 0.357. The van der Waals surface area contributed by atoms with E-state index < -0.39 is 0 Å². The smallest absolute Gasteiger partial charge is 0.237 e. The van der Waals surface area contributed by atoms with E-state index in [1.165, 1.54) is 0 Å². The third-order valence-corrected chi connectivity index (χ3v) is 3.06. The van der Waals surface area contributed by atoms with E-state index in [4.69, 9.17) is 11.6 Å². The third-order valence-electron chi connectivity index (χ3n) is 2.81. The van der Waals surface area contributed by atoms with Crippen LogP contribution in [0.25, 0.3) is 0 Å². The predicted molar refractivity (Wildman–Crippen MR) is 75.6 cm³/mol. The average Bonchev–Trinajstić information content (AvgIpc) is 2.37. The van der Waals surface area contributed by atoms with E-state index in [-0.39, 0.29) is 11.9 Å². The van der Waals surface area contributed by atoms with Crippen molar-refractivity contribution in [3.63, 3.8) is 0 Å². The van der Waals surface area contributed by atoms with Crippen LogP contribution in [0.2, 0.25) is 5.02 Å². The van der Waals surface area contributed by atoms with E-state index in [0.29, 0.717) is 13.1 Å². The van der Waals surface area contributed by atoms with Crippen LogP contribution in [-0.2, 0) is 11.3 Å². The molecule has 1 amide bonds. The number of carbonyl (C=O) groups is 1. The molecule has 0 saturated heterocycles. The highest BCUT2D eigenvalue weighted by Crippen LogP contribution is 2.12. The van der Waals surface area contributed by atoms with Crippen LogP contribution in [0, 0.1) is 0 Å². The second-order valence-electron chi connectivity index (χ2n) is 4.25. The van der Waals surface area contributed by atoms with Crippen LogP contribution in [0.1, 0.15) is 12.5 Å². The molecule has 3 nitrogen and oxygen atoms in total. The standard InChI is InChI=1S/C14H19ClN2O/c1-4-9-16-14(18)11(2)17(3)10-12-5-7-13(15)8-6-12/h4-8,11H,1,9-10H2,2-3H3,(H,16,18)/t11-/m0/s1. The van der Waals surface area contributed by atoms with Crippen LogP contribution in [0.15, 0.2) is 36.9 Å². The van der Waals surface area contributed by atoms with Gasteiger partial charge in [0.1, 0.15) is 0 Å². The first-order valence-electron chi connectivity index (χ1n) is 5.88. The van der Waals surface area contributed by atoms with Crippen molar-refractivity contribution in [3.05, 3.63) is 47.5 Å². The first-order chi connectivity index (χ1) is 8.54. The number of halogens is 1. The topological polar surface area (TPSA) is 32.3 Å². The zero-order valence-corrected chi connectivity index (χ0v) is 11.6. The Morgan fingerprint density at radius 2 is 2.11 bits per heavy atom. The maximum atomic E-state index is 11.8. The lowest BCUT2D eigenvalue weighted by Crippen LogP contribution is -2.42. The Kier molecular flexibility index (Phi) is 5.89. The summed E-state index contributed by atoms with van der Waals surface area (Å²) in [5.41, 5.74) is 1.13. The summed E-state index contributed by atoms with van der Waals surface area (Å²) in [5, 5.41) is 3.51. The molecular formula is C14H19ClN2O. The number of hydrogen-bond donors (Lipinski definition) is 1. The molecule has 1 aromatic rings. The molecule has 0 fully saturated rings. The van der Waals surface area contributed by atoms with Crippen LogP contribution < -0.4 is 5.32 Å². The van der Waals surface area contributed by atoms with Crippen LogP contribution in [0.5, 0.6) is 0 Å². The Morgan fingerprint density at radius 3 is 2.67 bits per heavy atom. The zero-order chi connectivity index (χ0) is 13.5. The lowest BCUT2D eigenvalue weighted by Gasteiger charge is -2.23. The van der Waals surface area contributed by atoms with E-state index in [1.54, 1.807) is 6.08 Å². The molecule has 0 unspecified atom stereocenters. The molecule has 0 radical (unpaired) electrons. The first kappa shape index (κ1) is 14.7. The summed E-state index contributed by atoms with van der Waals surface area (Å²) >= 11 is 5.83. The van der Waals surface area contributed by atoms with Gasteiger partial charge >= 0.3 is 0 Å². The number of likely N-dealkylation sites (N-methyl/N-ethyl adjacent to an activating group) is 1. The maximum Gasteiger partial charge on any atom is 0.237 e. The SMILES string of the molecule is C=CCNC(=O)[C@H](C)N(C)Cc1ccc(Cl)cc1. The number of carbonyl (C=O) groups excluding carboxylic acids is 1. The Morgan fingerprint density at radius 1 is 1.50 bits per heavy atom. The summed E-state index contributed by atoms with van der Waals surface area (Å²) in [6.07, 6.45) is 1.67. The highest BCUT2D eigenvalue weighted by atomic mass is 35.5. The van der Waals surface area contributed by atoms with Crippen molar-refractivity contribution in [1.82, 2.24) is 10.2 Å². The van der Waals surface area contributed by atoms with Gasteiger partial charge in [-0.05, 0) is 31.7 Å². The summed E-state index contributed by atoms with van der Waals surface area (Å²) in [5.74, 6) is 0.00589. The van der Waals surface area contributed by atoms with Crippen molar-refractivity contribution in [3.8, 4) is 0 Å². The molecule has 0 spiro atoms. The van der Waals surface area contributed by atoms with Crippen molar-refractivity contribution in [2.24, 2.45) is 0 Å². The van der Waals surface area contributed by atoms with Gasteiger partial charge in [0.05, 0.1) is 6.04 Å². The van der Waals surface area contributed by atoms with Gasteiger partial charge in [0.25, 0.3) is 0 Å². The fourth-order valence-corrected chi connectivity index (χ4v) is 1.66. The normalized spacial score (nSPS) is 12.2. The Balaban J connectivity index is 2.53. The van der Waals surface area contributed by atoms with Crippen LogP contribution in [-0.4, -0.2) is 30.4 Å². The minimum Gasteiger partial charge on any atom is -0.351 e. The molecule has 98 valence electrons. The van der Waals surface area contributed by atoms with Gasteiger partial charge in [0.2, 0.25) is 5.91 Å². The van der Waals surface area contributed by atoms with E-state index in [2.05, 4.69) is 11.9 Å². The second kappa shape index (κ2) is 7.19. The van der Waals surface area contributed by atoms with E-state index >= 15 is 0 Å². The van der Waals surface area contributed by atoms with Gasteiger partial charge in [-0.25, -0.2) is 0 Å². The van der Waals surface area contributed by atoms with Crippen LogP contribution >= 0.6 is 11.6 Å². The summed E-state index contributed by atoms with van der Waals surface area (Å²) in [6, 6.07) is 7.46. The van der Waals surface area contributed by atoms with Crippen molar-refractivity contribution >= 4 is 17.5 Å². The summed E-state index contributed by atoms with van der Waals surface area (Å²) < 4.78 is 0. The summed E-state index contributed by atoms with van der Waals surface area (Å²) in [4.78, 5) is 13.8. The van der Waals surface area contributed by atoms with Crippen molar-refractivity contribution in [2.75, 3.05) is 13.6 Å². The molecule has 18 heavy (non-hydrogen) atoms. The Bertz CT molecular complexity index is 403. The van der Waals surface area contributed by atoms with E-state index in [9.17, 15) is 4.79 Å². The predicted octanol–water partition coefficient (Wildman–Crippen LogP) is 2.46. The van der Waals surface area contributed by atoms with Crippen molar-refractivity contribution in [2.45, 2.75) is 19.5 Å². The zero-order valence-electron chi connectivity index (χ0n) is 10.8. The quantitative estimate of drug-likeness (QED) is 0.803. The van der Waals surface area contributed by atoms with Gasteiger partial charge in [-0.15, -0.1) is 6.58 Å². The van der Waals surface area contributed by atoms with Crippen molar-refractivity contribution < 1.29 is 4.79 Å². The van der Waals surface area contributed by atoms with Gasteiger partial charge in [-0.3, -0.25) is 9.69 Å². The Hall–Kier alpha value is -1.32. The lowest BCUT2D eigenvalue weighted by atomic mass is 10.2. The molecule has 1 N–H and O–H groups in total. The number of nitrogens with zero attached hydrogens (tertiary/aromatic N) is 1. The number of nitrogens with one attached hydrogen (secondary N) is 1. The summed E-state index contributed by atoms with van der Waals surface area (Å²) in [7, 11) is 1.92. The first-order valence-corrected chi connectivity index (χ1v) is 6.25. The van der Waals surface area contributed by atoms with Gasteiger partial charge < -0.3 is 5.32 Å². The molecule has 1 aromatic carbocycles. The fourth-order valence-electron chi connectivity index (χ4n) is 1.54. The van der Waals surface area contributed by atoms with Gasteiger partial charge in [-0.1, -0.05) is 29.8 Å². The molecule has 0 aromatic heterocycles. The van der Waals surface area contributed by atoms with E-state index in [0.717, 1.165) is 10.6 Å². The van der Waals surface area contributed by atoms with Crippen LogP contribution in [0.4, 0.5) is 0 Å². The summed E-state index contributed by atoms with van der Waals surface area (Å²) in [6.45, 7) is 6.66. The van der Waals surface area contributed by atoms with Gasteiger partial charge in [-0.2, -0.15) is 0 Å². The molecule has 0 aliphatic rings. The van der Waals surface area contributed by atoms with E-state index in [1.807, 2.05) is 43.1 Å². The molecule has 0 bridgehead atoms. The lowest BCUT2D eigenvalue weighted by molar-refractivity contribution is -0.125. The number of rotatable bonds is 6. The molecule has 1 atom stereocenters. The highest BCUT2D eigenvalue weighted by molar-refractivity contribution is 6.30. The molecule has 4 heteroatoms. The molecule has 1 rings (SSSR count). The number of amides is 1. The maximum absolute atomic E-state index is 11.8. The largest absolute Gasteiger partial charge is 0.351 e. The average molecular weight is 267 g/mol. The monoisotopic (exact) mass is 266 g/mol. The van der Waals surface area contributed by atoms with Crippen LogP contribution in [0.3, 0.4) is 0 Å². The third kappa shape index (κ3) is 4.51. The number of hydrogen-bond acceptors (Lipinski definition) is 2. The minimum atomic E-state index is -0.180. The molecule has 0 heterocycles. The second-order valence-corrected chi connectivity index (χ2v) is 4.69. The molecule has 0 aliphatic carbocycles. The van der Waals surface area contributed by atoms with Gasteiger partial charge in [0.15, 0.2) is 0 Å².